The summed E-state index contributed by atoms with van der Waals surface area (Å²) < 4.78 is 4.66. The van der Waals surface area contributed by atoms with Crippen molar-refractivity contribution in [2.45, 2.75) is 13.5 Å². The number of ether oxygens (including phenoxy) is 1. The fraction of sp³-hybridized carbons (Fsp3) is 0.214. The number of alkyl carbamates (subject to hydrolysis) is 1. The lowest BCUT2D eigenvalue weighted by Crippen LogP contribution is -2.35. The van der Waals surface area contributed by atoms with Crippen LogP contribution in [0.3, 0.4) is 0 Å². The van der Waals surface area contributed by atoms with Gasteiger partial charge in [-0.1, -0.05) is 35.3 Å². The number of nitrogens with zero attached hydrogens (tertiary/aromatic N) is 1. The van der Waals surface area contributed by atoms with Gasteiger partial charge in [0, 0.05) is 6.08 Å². The summed E-state index contributed by atoms with van der Waals surface area (Å²) in [6, 6.07) is 4.93. The number of nitrogens with one attached hydrogen (secondary N) is 1. The summed E-state index contributed by atoms with van der Waals surface area (Å²) in [4.78, 5) is 36.3. The number of halogens is 2. The molecule has 0 aliphatic carbocycles. The lowest BCUT2D eigenvalue weighted by atomic mass is 10.2. The zero-order valence-corrected chi connectivity index (χ0v) is 13.1. The molecule has 22 heavy (non-hydrogen) atoms. The molecule has 1 aliphatic rings. The molecule has 1 N–H and O–H groups in total. The van der Waals surface area contributed by atoms with Crippen LogP contribution in [0.2, 0.25) is 10.0 Å². The van der Waals surface area contributed by atoms with Crippen LogP contribution in [0.4, 0.5) is 4.79 Å². The van der Waals surface area contributed by atoms with Gasteiger partial charge in [0.05, 0.1) is 23.2 Å². The van der Waals surface area contributed by atoms with Crippen LogP contribution >= 0.6 is 23.2 Å². The number of rotatable bonds is 4. The highest BCUT2D eigenvalue weighted by atomic mass is 35.5. The van der Waals surface area contributed by atoms with E-state index in [0.717, 1.165) is 11.0 Å². The molecule has 0 atom stereocenters. The maximum absolute atomic E-state index is 12.1. The molecule has 0 aromatic heterocycles. The normalized spacial score (nSPS) is 14.1. The zero-order valence-electron chi connectivity index (χ0n) is 11.6. The smallest absolute Gasteiger partial charge is 0.411 e. The standard InChI is InChI=1S/C14H12Cl2N2O4/c1-2-22-14(21)17-10-6-11(19)18(13(10)20)7-8-4-3-5-9(15)12(8)16/h3-6H,2,7H2,1H3,(H,17,21). The molecule has 8 heteroatoms. The first-order valence-corrected chi connectivity index (χ1v) is 7.13. The minimum absolute atomic E-state index is 0.0401. The molecule has 1 aliphatic heterocycles. The van der Waals surface area contributed by atoms with E-state index in [9.17, 15) is 14.4 Å². The molecule has 3 amide bonds. The van der Waals surface area contributed by atoms with Crippen LogP contribution in [-0.4, -0.2) is 29.4 Å². The second kappa shape index (κ2) is 6.81. The van der Waals surface area contributed by atoms with Crippen LogP contribution < -0.4 is 5.32 Å². The summed E-state index contributed by atoms with van der Waals surface area (Å²) in [5.41, 5.74) is 0.392. The van der Waals surface area contributed by atoms with E-state index in [-0.39, 0.29) is 23.9 Å². The lowest BCUT2D eigenvalue weighted by molar-refractivity contribution is -0.138. The Morgan fingerprint density at radius 1 is 1.32 bits per heavy atom. The van der Waals surface area contributed by atoms with Gasteiger partial charge in [-0.15, -0.1) is 0 Å². The molecule has 116 valence electrons. The van der Waals surface area contributed by atoms with E-state index in [2.05, 4.69) is 10.1 Å². The van der Waals surface area contributed by atoms with Crippen molar-refractivity contribution >= 4 is 41.1 Å². The minimum atomic E-state index is -0.794. The molecule has 6 nitrogen and oxygen atoms in total. The van der Waals surface area contributed by atoms with Crippen molar-refractivity contribution < 1.29 is 19.1 Å². The van der Waals surface area contributed by atoms with Crippen LogP contribution in [0, 0.1) is 0 Å². The molecular weight excluding hydrogens is 331 g/mol. The molecule has 0 fully saturated rings. The highest BCUT2D eigenvalue weighted by Gasteiger charge is 2.32. The third kappa shape index (κ3) is 3.40. The van der Waals surface area contributed by atoms with E-state index in [1.165, 1.54) is 0 Å². The summed E-state index contributed by atoms with van der Waals surface area (Å²) in [5, 5.41) is 2.83. The Kier molecular flexibility index (Phi) is 5.05. The molecule has 1 heterocycles. The van der Waals surface area contributed by atoms with Crippen molar-refractivity contribution in [2.75, 3.05) is 6.61 Å². The Bertz CT molecular complexity index is 673. The molecule has 0 saturated heterocycles. The molecule has 0 unspecified atom stereocenters. The van der Waals surface area contributed by atoms with Gasteiger partial charge in [0.25, 0.3) is 11.8 Å². The van der Waals surface area contributed by atoms with Gasteiger partial charge in [-0.05, 0) is 18.6 Å². The Balaban J connectivity index is 2.12. The summed E-state index contributed by atoms with van der Waals surface area (Å²) in [5.74, 6) is -1.18. The van der Waals surface area contributed by atoms with Gasteiger partial charge >= 0.3 is 6.09 Å². The highest BCUT2D eigenvalue weighted by Crippen LogP contribution is 2.27. The van der Waals surface area contributed by atoms with Crippen LogP contribution in [0.15, 0.2) is 30.0 Å². The topological polar surface area (TPSA) is 75.7 Å². The fourth-order valence-electron chi connectivity index (χ4n) is 1.87. The van der Waals surface area contributed by atoms with Gasteiger partial charge in [-0.3, -0.25) is 19.8 Å². The minimum Gasteiger partial charge on any atom is -0.450 e. The Morgan fingerprint density at radius 2 is 2.05 bits per heavy atom. The van der Waals surface area contributed by atoms with Crippen molar-refractivity contribution in [1.82, 2.24) is 10.2 Å². The Hall–Kier alpha value is -2.05. The number of benzene rings is 1. The van der Waals surface area contributed by atoms with Gasteiger partial charge in [-0.2, -0.15) is 0 Å². The molecule has 0 saturated carbocycles. The average molecular weight is 343 g/mol. The second-order valence-electron chi connectivity index (χ2n) is 4.35. The van der Waals surface area contributed by atoms with Gasteiger partial charge in [0.2, 0.25) is 0 Å². The highest BCUT2D eigenvalue weighted by molar-refractivity contribution is 6.42. The number of imide groups is 1. The maximum Gasteiger partial charge on any atom is 0.411 e. The van der Waals surface area contributed by atoms with E-state index in [0.29, 0.717) is 10.6 Å². The van der Waals surface area contributed by atoms with Gasteiger partial charge < -0.3 is 4.74 Å². The van der Waals surface area contributed by atoms with E-state index in [1.807, 2.05) is 0 Å². The summed E-state index contributed by atoms with van der Waals surface area (Å²) in [6.07, 6.45) is 0.245. The van der Waals surface area contributed by atoms with Crippen LogP contribution in [0.25, 0.3) is 0 Å². The van der Waals surface area contributed by atoms with Crippen molar-refractivity contribution in [3.05, 3.63) is 45.6 Å². The third-order valence-electron chi connectivity index (χ3n) is 2.88. The average Bonchev–Trinajstić information content (AvgIpc) is 2.71. The Morgan fingerprint density at radius 3 is 2.73 bits per heavy atom. The van der Waals surface area contributed by atoms with Crippen LogP contribution in [0.1, 0.15) is 12.5 Å². The number of amides is 3. The maximum atomic E-state index is 12.1. The molecule has 0 bridgehead atoms. The number of hydrogen-bond donors (Lipinski definition) is 1. The van der Waals surface area contributed by atoms with E-state index in [1.54, 1.807) is 25.1 Å². The predicted molar refractivity (Wildman–Crippen MR) is 80.3 cm³/mol. The fourth-order valence-corrected chi connectivity index (χ4v) is 2.25. The van der Waals surface area contributed by atoms with E-state index >= 15 is 0 Å². The first-order chi connectivity index (χ1) is 10.4. The predicted octanol–water partition coefficient (Wildman–Crippen LogP) is 2.49. The summed E-state index contributed by atoms with van der Waals surface area (Å²) in [7, 11) is 0. The van der Waals surface area contributed by atoms with Crippen LogP contribution in [-0.2, 0) is 20.9 Å². The monoisotopic (exact) mass is 342 g/mol. The summed E-state index contributed by atoms with van der Waals surface area (Å²) >= 11 is 11.9. The third-order valence-corrected chi connectivity index (χ3v) is 3.74. The number of carbonyl (C=O) groups is 3. The lowest BCUT2D eigenvalue weighted by Gasteiger charge is -2.16. The molecule has 1 aromatic rings. The molecule has 2 rings (SSSR count). The SMILES string of the molecule is CCOC(=O)NC1=CC(=O)N(Cc2cccc(Cl)c2Cl)C1=O. The summed E-state index contributed by atoms with van der Waals surface area (Å²) in [6.45, 7) is 1.74. The van der Waals surface area contributed by atoms with Crippen LogP contribution in [0.5, 0.6) is 0 Å². The molecule has 0 spiro atoms. The number of hydrogen-bond acceptors (Lipinski definition) is 4. The van der Waals surface area contributed by atoms with Crippen molar-refractivity contribution in [1.29, 1.82) is 0 Å². The Labute approximate surface area is 136 Å². The van der Waals surface area contributed by atoms with Gasteiger partial charge in [0.1, 0.15) is 5.70 Å². The largest absolute Gasteiger partial charge is 0.450 e. The quantitative estimate of drug-likeness (QED) is 0.853. The second-order valence-corrected chi connectivity index (χ2v) is 5.13. The molecular formula is C14H12Cl2N2O4. The molecule has 1 aromatic carbocycles. The van der Waals surface area contributed by atoms with Gasteiger partial charge in [-0.25, -0.2) is 4.79 Å². The van der Waals surface area contributed by atoms with E-state index < -0.39 is 17.9 Å². The van der Waals surface area contributed by atoms with Crippen molar-refractivity contribution in [2.24, 2.45) is 0 Å². The van der Waals surface area contributed by atoms with Crippen molar-refractivity contribution in [3.63, 3.8) is 0 Å². The first kappa shape index (κ1) is 16.3. The van der Waals surface area contributed by atoms with Gasteiger partial charge in [0.15, 0.2) is 0 Å². The first-order valence-electron chi connectivity index (χ1n) is 6.38. The number of carbonyl (C=O) groups excluding carboxylic acids is 3. The molecule has 0 radical (unpaired) electrons. The van der Waals surface area contributed by atoms with E-state index in [4.69, 9.17) is 23.2 Å². The zero-order chi connectivity index (χ0) is 16.3. The van der Waals surface area contributed by atoms with Crippen molar-refractivity contribution in [3.8, 4) is 0 Å².